The van der Waals surface area contributed by atoms with Gasteiger partial charge in [0.1, 0.15) is 0 Å². The lowest BCUT2D eigenvalue weighted by Gasteiger charge is -2.14. The first-order chi connectivity index (χ1) is 9.43. The molecular formula is C15H23N3O2. The van der Waals surface area contributed by atoms with Gasteiger partial charge < -0.3 is 16.4 Å². The summed E-state index contributed by atoms with van der Waals surface area (Å²) in [7, 11) is 0. The van der Waals surface area contributed by atoms with Gasteiger partial charge >= 0.3 is 0 Å². The molecule has 0 heterocycles. The van der Waals surface area contributed by atoms with E-state index in [-0.39, 0.29) is 18.4 Å². The van der Waals surface area contributed by atoms with E-state index in [0.29, 0.717) is 5.56 Å². The molecule has 4 N–H and O–H groups in total. The monoisotopic (exact) mass is 277 g/mol. The number of nitrogens with one attached hydrogen (secondary N) is 2. The summed E-state index contributed by atoms with van der Waals surface area (Å²) in [4.78, 5) is 22.9. The number of aryl methyl sites for hydroxylation is 1. The van der Waals surface area contributed by atoms with Crippen LogP contribution in [0.15, 0.2) is 18.2 Å². The molecule has 2 amide bonds. The Balaban J connectivity index is 2.71. The highest BCUT2D eigenvalue weighted by Crippen LogP contribution is 2.15. The van der Waals surface area contributed by atoms with E-state index in [2.05, 4.69) is 17.6 Å². The third-order valence-corrected chi connectivity index (χ3v) is 2.94. The first-order valence-electron chi connectivity index (χ1n) is 6.87. The fourth-order valence-electron chi connectivity index (χ4n) is 1.95. The number of nitrogens with two attached hydrogens (primary N) is 1. The van der Waals surface area contributed by atoms with Crippen molar-refractivity contribution in [2.45, 2.75) is 39.7 Å². The second-order valence-corrected chi connectivity index (χ2v) is 5.00. The number of hydrogen-bond donors (Lipinski definition) is 3. The quantitative estimate of drug-likeness (QED) is 0.710. The van der Waals surface area contributed by atoms with Crippen molar-refractivity contribution >= 4 is 17.5 Å². The number of amides is 2. The first kappa shape index (κ1) is 16.0. The van der Waals surface area contributed by atoms with Crippen LogP contribution in [0, 0.1) is 6.92 Å². The van der Waals surface area contributed by atoms with E-state index in [0.717, 1.165) is 24.2 Å². The number of rotatable bonds is 7. The van der Waals surface area contributed by atoms with Crippen LogP contribution in [0.5, 0.6) is 0 Å². The molecule has 1 aromatic carbocycles. The van der Waals surface area contributed by atoms with Gasteiger partial charge in [0.25, 0.3) is 5.91 Å². The van der Waals surface area contributed by atoms with Gasteiger partial charge in [-0.15, -0.1) is 0 Å². The molecule has 0 fully saturated rings. The molecule has 0 saturated carbocycles. The van der Waals surface area contributed by atoms with Gasteiger partial charge in [-0.05, 0) is 44.0 Å². The molecule has 110 valence electrons. The van der Waals surface area contributed by atoms with E-state index in [1.54, 1.807) is 13.0 Å². The summed E-state index contributed by atoms with van der Waals surface area (Å²) >= 11 is 0. The van der Waals surface area contributed by atoms with Crippen LogP contribution in [0.1, 0.15) is 42.6 Å². The molecule has 0 aliphatic heterocycles. The van der Waals surface area contributed by atoms with Crippen molar-refractivity contribution in [1.29, 1.82) is 0 Å². The van der Waals surface area contributed by atoms with Gasteiger partial charge in [-0.25, -0.2) is 0 Å². The minimum absolute atomic E-state index is 0.140. The highest BCUT2D eigenvalue weighted by Gasteiger charge is 2.13. The Morgan fingerprint density at radius 2 is 2.05 bits per heavy atom. The summed E-state index contributed by atoms with van der Waals surface area (Å²) < 4.78 is 0. The molecule has 0 aromatic heterocycles. The normalized spacial score (nSPS) is 11.8. The topological polar surface area (TPSA) is 84.2 Å². The fraction of sp³-hybridized carbons (Fsp3) is 0.467. The Kier molecular flexibility index (Phi) is 6.03. The van der Waals surface area contributed by atoms with Crippen molar-refractivity contribution in [1.82, 2.24) is 5.32 Å². The summed E-state index contributed by atoms with van der Waals surface area (Å²) in [6.45, 7) is 6.66. The summed E-state index contributed by atoms with van der Waals surface area (Å²) in [5.41, 5.74) is 7.62. The summed E-state index contributed by atoms with van der Waals surface area (Å²) in [6.07, 6.45) is 1.19. The van der Waals surface area contributed by atoms with Crippen molar-refractivity contribution in [2.24, 2.45) is 5.73 Å². The van der Waals surface area contributed by atoms with E-state index in [4.69, 9.17) is 5.73 Å². The fourth-order valence-corrected chi connectivity index (χ4v) is 1.95. The second kappa shape index (κ2) is 7.53. The lowest BCUT2D eigenvalue weighted by molar-refractivity contribution is -0.118. The Labute approximate surface area is 119 Å². The lowest BCUT2D eigenvalue weighted by Crippen LogP contribution is -2.36. The van der Waals surface area contributed by atoms with E-state index in [9.17, 15) is 9.59 Å². The number of anilines is 1. The molecule has 0 radical (unpaired) electrons. The van der Waals surface area contributed by atoms with Crippen LogP contribution in [0.3, 0.4) is 0 Å². The SMILES string of the molecule is CCCNc1ccc(C(=O)NC(C)CC(N)=O)c(C)c1. The van der Waals surface area contributed by atoms with Crippen molar-refractivity contribution in [3.8, 4) is 0 Å². The molecule has 20 heavy (non-hydrogen) atoms. The molecule has 0 spiro atoms. The molecule has 1 rings (SSSR count). The number of primary amides is 1. The predicted octanol–water partition coefficient (Wildman–Crippen LogP) is 1.81. The number of carbonyl (C=O) groups is 2. The van der Waals surface area contributed by atoms with E-state index < -0.39 is 5.91 Å². The highest BCUT2D eigenvalue weighted by atomic mass is 16.2. The van der Waals surface area contributed by atoms with Crippen molar-refractivity contribution < 1.29 is 9.59 Å². The molecule has 0 saturated heterocycles. The van der Waals surface area contributed by atoms with E-state index in [1.165, 1.54) is 0 Å². The predicted molar refractivity (Wildman–Crippen MR) is 80.7 cm³/mol. The Bertz CT molecular complexity index is 486. The molecule has 5 heteroatoms. The zero-order valence-electron chi connectivity index (χ0n) is 12.3. The average molecular weight is 277 g/mol. The molecule has 1 unspecified atom stereocenters. The van der Waals surface area contributed by atoms with E-state index >= 15 is 0 Å². The van der Waals surface area contributed by atoms with Gasteiger partial charge in [-0.2, -0.15) is 0 Å². The molecule has 5 nitrogen and oxygen atoms in total. The minimum atomic E-state index is -0.423. The third kappa shape index (κ3) is 4.91. The maximum atomic E-state index is 12.1. The van der Waals surface area contributed by atoms with Crippen LogP contribution in [-0.2, 0) is 4.79 Å². The first-order valence-corrected chi connectivity index (χ1v) is 6.87. The van der Waals surface area contributed by atoms with Crippen molar-refractivity contribution in [2.75, 3.05) is 11.9 Å². The summed E-state index contributed by atoms with van der Waals surface area (Å²) in [5.74, 6) is -0.605. The number of benzene rings is 1. The van der Waals surface area contributed by atoms with Crippen LogP contribution in [-0.4, -0.2) is 24.4 Å². The highest BCUT2D eigenvalue weighted by molar-refractivity contribution is 5.96. The molecule has 0 bridgehead atoms. The van der Waals surface area contributed by atoms with E-state index in [1.807, 2.05) is 19.1 Å². The Morgan fingerprint density at radius 3 is 2.60 bits per heavy atom. The zero-order chi connectivity index (χ0) is 15.1. The largest absolute Gasteiger partial charge is 0.385 e. The second-order valence-electron chi connectivity index (χ2n) is 5.00. The van der Waals surface area contributed by atoms with Crippen molar-refractivity contribution in [3.05, 3.63) is 29.3 Å². The van der Waals surface area contributed by atoms with Gasteiger partial charge in [-0.3, -0.25) is 9.59 Å². The maximum Gasteiger partial charge on any atom is 0.251 e. The maximum absolute atomic E-state index is 12.1. The van der Waals surface area contributed by atoms with Crippen molar-refractivity contribution in [3.63, 3.8) is 0 Å². The third-order valence-electron chi connectivity index (χ3n) is 2.94. The molecule has 1 atom stereocenters. The molecule has 0 aliphatic carbocycles. The van der Waals surface area contributed by atoms with Gasteiger partial charge in [0.2, 0.25) is 5.91 Å². The summed E-state index contributed by atoms with van der Waals surface area (Å²) in [5, 5.41) is 6.05. The molecule has 0 aliphatic rings. The van der Waals surface area contributed by atoms with Gasteiger partial charge in [0.15, 0.2) is 0 Å². The summed E-state index contributed by atoms with van der Waals surface area (Å²) in [6, 6.07) is 5.36. The molecule has 1 aromatic rings. The Hall–Kier alpha value is -2.04. The zero-order valence-corrected chi connectivity index (χ0v) is 12.3. The van der Waals surface area contributed by atoms with Crippen LogP contribution in [0.4, 0.5) is 5.69 Å². The number of hydrogen-bond acceptors (Lipinski definition) is 3. The standard InChI is InChI=1S/C15H23N3O2/c1-4-7-17-12-5-6-13(10(2)8-12)15(20)18-11(3)9-14(16)19/h5-6,8,11,17H,4,7,9H2,1-3H3,(H2,16,19)(H,18,20). The van der Waals surface area contributed by atoms with Crippen LogP contribution < -0.4 is 16.4 Å². The average Bonchev–Trinajstić information content (AvgIpc) is 2.35. The van der Waals surface area contributed by atoms with Gasteiger partial charge in [-0.1, -0.05) is 6.92 Å². The van der Waals surface area contributed by atoms with Crippen LogP contribution in [0.2, 0.25) is 0 Å². The Morgan fingerprint density at radius 1 is 1.35 bits per heavy atom. The lowest BCUT2D eigenvalue weighted by atomic mass is 10.1. The molecular weight excluding hydrogens is 254 g/mol. The smallest absolute Gasteiger partial charge is 0.251 e. The van der Waals surface area contributed by atoms with Crippen LogP contribution in [0.25, 0.3) is 0 Å². The van der Waals surface area contributed by atoms with Gasteiger partial charge in [0, 0.05) is 30.3 Å². The number of carbonyl (C=O) groups excluding carboxylic acids is 2. The van der Waals surface area contributed by atoms with Crippen LogP contribution >= 0.6 is 0 Å². The minimum Gasteiger partial charge on any atom is -0.385 e. The van der Waals surface area contributed by atoms with Gasteiger partial charge in [0.05, 0.1) is 0 Å².